The quantitative estimate of drug-likeness (QED) is 0.666. The third kappa shape index (κ3) is 6.52. The van der Waals surface area contributed by atoms with Gasteiger partial charge < -0.3 is 9.33 Å². The molecule has 1 saturated heterocycles. The van der Waals surface area contributed by atoms with Gasteiger partial charge in [-0.15, -0.1) is 0 Å². The molecule has 0 bridgehead atoms. The van der Waals surface area contributed by atoms with Crippen LogP contribution in [0.4, 0.5) is 0 Å². The van der Waals surface area contributed by atoms with Gasteiger partial charge in [0.2, 0.25) is 0 Å². The smallest absolute Gasteiger partial charge is 0.191 e. The monoisotopic (exact) mass is 362 g/mol. The summed E-state index contributed by atoms with van der Waals surface area (Å²) in [6, 6.07) is 10.8. The number of benzene rings is 1. The Morgan fingerprint density at radius 2 is 1.56 bits per heavy atom. The highest BCUT2D eigenvalue weighted by atomic mass is 28.4. The fourth-order valence-corrected chi connectivity index (χ4v) is 4.17. The van der Waals surface area contributed by atoms with Gasteiger partial charge in [-0.25, -0.2) is 0 Å². The van der Waals surface area contributed by atoms with Crippen LogP contribution in [0.5, 0.6) is 0 Å². The van der Waals surface area contributed by atoms with Crippen molar-refractivity contribution in [2.45, 2.75) is 52.4 Å². The minimum absolute atomic E-state index is 0.301. The van der Waals surface area contributed by atoms with Gasteiger partial charge in [-0.1, -0.05) is 58.0 Å². The number of piperazine rings is 1. The van der Waals surface area contributed by atoms with Crippen LogP contribution in [0, 0.1) is 5.92 Å². The first kappa shape index (κ1) is 20.6. The van der Waals surface area contributed by atoms with Crippen LogP contribution in [0.25, 0.3) is 0 Å². The van der Waals surface area contributed by atoms with Crippen molar-refractivity contribution in [3.05, 3.63) is 35.9 Å². The number of hydrogen-bond acceptors (Lipinski definition) is 3. The summed E-state index contributed by atoms with van der Waals surface area (Å²) in [4.78, 5) is 5.18. The third-order valence-corrected chi connectivity index (χ3v) is 10.3. The van der Waals surface area contributed by atoms with Crippen molar-refractivity contribution in [3.8, 4) is 0 Å². The van der Waals surface area contributed by atoms with Crippen molar-refractivity contribution in [1.82, 2.24) is 9.80 Å². The van der Waals surface area contributed by atoms with E-state index in [1.165, 1.54) is 31.7 Å². The van der Waals surface area contributed by atoms with Crippen LogP contribution in [-0.2, 0) is 11.0 Å². The van der Waals surface area contributed by atoms with Gasteiger partial charge in [0, 0.05) is 45.9 Å². The summed E-state index contributed by atoms with van der Waals surface area (Å²) < 4.78 is 6.40. The molecule has 0 unspecified atom stereocenters. The van der Waals surface area contributed by atoms with E-state index in [1.54, 1.807) is 0 Å². The molecule has 142 valence electrons. The molecular weight excluding hydrogens is 324 g/mol. The van der Waals surface area contributed by atoms with E-state index in [1.807, 2.05) is 0 Å². The Bertz CT molecular complexity index is 504. The highest BCUT2D eigenvalue weighted by Gasteiger charge is 2.37. The van der Waals surface area contributed by atoms with Crippen LogP contribution in [-0.4, -0.2) is 57.4 Å². The van der Waals surface area contributed by atoms with E-state index in [-0.39, 0.29) is 0 Å². The molecule has 1 aromatic rings. The predicted molar refractivity (Wildman–Crippen MR) is 110 cm³/mol. The standard InChI is InChI=1S/C21H38N2OSi/c1-19(18-24-25(5,6)21(2,3)4)16-22-12-14-23(15-13-22)17-20-10-8-7-9-11-20/h7-11,19H,12-18H2,1-6H3/t19-/m1/s1. The molecule has 2 rings (SSSR count). The van der Waals surface area contributed by atoms with E-state index in [2.05, 4.69) is 80.9 Å². The molecule has 3 nitrogen and oxygen atoms in total. The first-order chi connectivity index (χ1) is 11.7. The number of nitrogens with zero attached hydrogens (tertiary/aromatic N) is 2. The molecule has 0 amide bonds. The summed E-state index contributed by atoms with van der Waals surface area (Å²) in [6.07, 6.45) is 0. The Labute approximate surface area is 156 Å². The highest BCUT2D eigenvalue weighted by molar-refractivity contribution is 6.74. The van der Waals surface area contributed by atoms with Crippen LogP contribution in [0.3, 0.4) is 0 Å². The van der Waals surface area contributed by atoms with Crippen molar-refractivity contribution in [3.63, 3.8) is 0 Å². The van der Waals surface area contributed by atoms with E-state index in [9.17, 15) is 0 Å². The molecular formula is C21H38N2OSi. The summed E-state index contributed by atoms with van der Waals surface area (Å²) >= 11 is 0. The summed E-state index contributed by atoms with van der Waals surface area (Å²) in [5.41, 5.74) is 1.42. The Morgan fingerprint density at radius 1 is 1.00 bits per heavy atom. The third-order valence-electron chi connectivity index (χ3n) is 5.82. The van der Waals surface area contributed by atoms with Crippen molar-refractivity contribution in [1.29, 1.82) is 0 Å². The van der Waals surface area contributed by atoms with Crippen LogP contribution < -0.4 is 0 Å². The van der Waals surface area contributed by atoms with Crippen LogP contribution in [0.15, 0.2) is 30.3 Å². The Morgan fingerprint density at radius 3 is 2.12 bits per heavy atom. The second kappa shape index (κ2) is 8.80. The van der Waals surface area contributed by atoms with E-state index in [4.69, 9.17) is 4.43 Å². The minimum Gasteiger partial charge on any atom is -0.417 e. The molecule has 0 aliphatic carbocycles. The molecule has 25 heavy (non-hydrogen) atoms. The second-order valence-corrected chi connectivity index (χ2v) is 14.0. The van der Waals surface area contributed by atoms with Crippen molar-refractivity contribution in [2.24, 2.45) is 5.92 Å². The number of hydrogen-bond donors (Lipinski definition) is 0. The van der Waals surface area contributed by atoms with Crippen LogP contribution in [0.1, 0.15) is 33.3 Å². The van der Waals surface area contributed by atoms with Gasteiger partial charge in [-0.3, -0.25) is 4.90 Å². The number of rotatable bonds is 7. The van der Waals surface area contributed by atoms with Gasteiger partial charge in [0.15, 0.2) is 8.32 Å². The van der Waals surface area contributed by atoms with Crippen molar-refractivity contribution >= 4 is 8.32 Å². The average Bonchev–Trinajstić information content (AvgIpc) is 2.55. The maximum Gasteiger partial charge on any atom is 0.191 e. The van der Waals surface area contributed by atoms with Crippen molar-refractivity contribution in [2.75, 3.05) is 39.3 Å². The van der Waals surface area contributed by atoms with E-state index < -0.39 is 8.32 Å². The lowest BCUT2D eigenvalue weighted by molar-refractivity contribution is 0.102. The molecule has 1 fully saturated rings. The molecule has 1 aromatic carbocycles. The summed E-state index contributed by atoms with van der Waals surface area (Å²) in [5, 5.41) is 0.301. The molecule has 0 saturated carbocycles. The Kier molecular flexibility index (Phi) is 7.26. The molecule has 0 N–H and O–H groups in total. The summed E-state index contributed by atoms with van der Waals surface area (Å²) in [6.45, 7) is 21.8. The van der Waals surface area contributed by atoms with E-state index in [0.29, 0.717) is 11.0 Å². The van der Waals surface area contributed by atoms with Gasteiger partial charge in [-0.05, 0) is 29.6 Å². The van der Waals surface area contributed by atoms with Gasteiger partial charge in [0.25, 0.3) is 0 Å². The molecule has 0 spiro atoms. The van der Waals surface area contributed by atoms with Crippen LogP contribution >= 0.6 is 0 Å². The Balaban J connectivity index is 1.69. The van der Waals surface area contributed by atoms with E-state index >= 15 is 0 Å². The minimum atomic E-state index is -1.61. The van der Waals surface area contributed by atoms with Crippen molar-refractivity contribution < 1.29 is 4.43 Å². The maximum absolute atomic E-state index is 6.40. The van der Waals surface area contributed by atoms with Gasteiger partial charge in [-0.2, -0.15) is 0 Å². The molecule has 1 aliphatic rings. The zero-order valence-corrected chi connectivity index (χ0v) is 18.2. The Hall–Kier alpha value is -0.683. The molecule has 1 atom stereocenters. The molecule has 0 aromatic heterocycles. The maximum atomic E-state index is 6.40. The largest absolute Gasteiger partial charge is 0.417 e. The lowest BCUT2D eigenvalue weighted by Gasteiger charge is -2.38. The first-order valence-electron chi connectivity index (χ1n) is 9.80. The highest BCUT2D eigenvalue weighted by Crippen LogP contribution is 2.36. The molecule has 0 radical (unpaired) electrons. The summed E-state index contributed by atoms with van der Waals surface area (Å²) in [7, 11) is -1.61. The van der Waals surface area contributed by atoms with Gasteiger partial charge >= 0.3 is 0 Å². The van der Waals surface area contributed by atoms with E-state index in [0.717, 1.165) is 19.7 Å². The lowest BCUT2D eigenvalue weighted by Crippen LogP contribution is -2.48. The van der Waals surface area contributed by atoms with Gasteiger partial charge in [0.05, 0.1) is 0 Å². The molecule has 1 aliphatic heterocycles. The average molecular weight is 363 g/mol. The topological polar surface area (TPSA) is 15.7 Å². The predicted octanol–water partition coefficient (Wildman–Crippen LogP) is 4.46. The molecule has 4 heteroatoms. The zero-order valence-electron chi connectivity index (χ0n) is 17.2. The lowest BCUT2D eigenvalue weighted by atomic mass is 10.1. The second-order valence-electron chi connectivity index (χ2n) is 9.24. The van der Waals surface area contributed by atoms with Crippen LogP contribution in [0.2, 0.25) is 18.1 Å². The SMILES string of the molecule is C[C@@H](CO[Si](C)(C)C(C)(C)C)CN1CCN(Cc2ccccc2)CC1. The normalized spacial score (nSPS) is 19.1. The molecule has 1 heterocycles. The zero-order chi connectivity index (χ0) is 18.5. The fraction of sp³-hybridized carbons (Fsp3) is 0.714. The first-order valence-corrected chi connectivity index (χ1v) is 12.7. The fourth-order valence-electron chi connectivity index (χ4n) is 3.03. The summed E-state index contributed by atoms with van der Waals surface area (Å²) in [5.74, 6) is 0.606. The van der Waals surface area contributed by atoms with Gasteiger partial charge in [0.1, 0.15) is 0 Å².